The van der Waals surface area contributed by atoms with E-state index in [2.05, 4.69) is 51.8 Å². The number of nitrogens with zero attached hydrogens (tertiary/aromatic N) is 1. The number of nitrogens with one attached hydrogen (secondary N) is 1. The summed E-state index contributed by atoms with van der Waals surface area (Å²) in [5.41, 5.74) is 2.36. The molecule has 6 heteroatoms. The van der Waals surface area contributed by atoms with Gasteiger partial charge in [0.1, 0.15) is 0 Å². The molecule has 4 nitrogen and oxygen atoms in total. The van der Waals surface area contributed by atoms with Gasteiger partial charge in [0.15, 0.2) is 0 Å². The van der Waals surface area contributed by atoms with Crippen LogP contribution in [0.5, 0.6) is 0 Å². The molecular weight excluding hydrogens is 388 g/mol. The molecule has 0 amide bonds. The third-order valence-corrected chi connectivity index (χ3v) is 6.42. The van der Waals surface area contributed by atoms with Crippen LogP contribution in [0.25, 0.3) is 0 Å². The predicted octanol–water partition coefficient (Wildman–Crippen LogP) is 3.59. The molecule has 0 aliphatic rings. The van der Waals surface area contributed by atoms with Crippen molar-refractivity contribution in [2.45, 2.75) is 24.3 Å². The van der Waals surface area contributed by atoms with Gasteiger partial charge in [-0.25, -0.2) is 13.1 Å². The second kappa shape index (κ2) is 8.25. The lowest BCUT2D eigenvalue weighted by atomic mass is 10.0. The van der Waals surface area contributed by atoms with Gasteiger partial charge in [0.25, 0.3) is 0 Å². The van der Waals surface area contributed by atoms with Crippen LogP contribution < -0.4 is 4.72 Å². The minimum absolute atomic E-state index is 0.0341. The Balaban J connectivity index is 2.18. The van der Waals surface area contributed by atoms with Crippen LogP contribution in [0.4, 0.5) is 0 Å². The summed E-state index contributed by atoms with van der Waals surface area (Å²) >= 11 is 3.30. The summed E-state index contributed by atoms with van der Waals surface area (Å²) in [4.78, 5) is 2.27. The highest BCUT2D eigenvalue weighted by Gasteiger charge is 2.21. The maximum Gasteiger partial charge on any atom is 0.241 e. The SMILES string of the molecule is CCc1ccc(C(CNS(=O)(=O)c2ccccc2Br)N(C)C)cc1. The van der Waals surface area contributed by atoms with Crippen molar-refractivity contribution in [3.63, 3.8) is 0 Å². The Kier molecular flexibility index (Phi) is 6.57. The predicted molar refractivity (Wildman–Crippen MR) is 102 cm³/mol. The summed E-state index contributed by atoms with van der Waals surface area (Å²) in [6.07, 6.45) is 0.988. The molecule has 1 unspecified atom stereocenters. The van der Waals surface area contributed by atoms with E-state index in [9.17, 15) is 8.42 Å². The van der Waals surface area contributed by atoms with Crippen molar-refractivity contribution in [1.29, 1.82) is 0 Å². The first-order chi connectivity index (χ1) is 11.3. The maximum atomic E-state index is 12.6. The van der Waals surface area contributed by atoms with Crippen LogP contribution in [0, 0.1) is 0 Å². The Morgan fingerprint density at radius 3 is 2.25 bits per heavy atom. The standard InChI is InChI=1S/C18H23BrN2O2S/c1-4-14-9-11-15(12-10-14)17(21(2)3)13-20-24(22,23)18-8-6-5-7-16(18)19/h5-12,17,20H,4,13H2,1-3H3. The summed E-state index contributed by atoms with van der Waals surface area (Å²) in [7, 11) is 0.335. The van der Waals surface area contributed by atoms with Gasteiger partial charge in [-0.05, 0) is 59.7 Å². The number of rotatable bonds is 7. The molecule has 0 bridgehead atoms. The number of halogens is 1. The molecule has 0 aromatic heterocycles. The highest BCUT2D eigenvalue weighted by atomic mass is 79.9. The first-order valence-corrected chi connectivity index (χ1v) is 10.1. The minimum Gasteiger partial charge on any atom is -0.301 e. The molecular formula is C18H23BrN2O2S. The molecule has 0 aliphatic heterocycles. The van der Waals surface area contributed by atoms with E-state index in [4.69, 9.17) is 0 Å². The third kappa shape index (κ3) is 4.66. The van der Waals surface area contributed by atoms with E-state index >= 15 is 0 Å². The molecule has 0 radical (unpaired) electrons. The van der Waals surface area contributed by atoms with E-state index in [1.54, 1.807) is 24.3 Å². The van der Waals surface area contributed by atoms with Gasteiger partial charge in [0.05, 0.1) is 4.90 Å². The molecule has 130 valence electrons. The summed E-state index contributed by atoms with van der Waals surface area (Å²) in [5, 5.41) is 0. The van der Waals surface area contributed by atoms with Gasteiger partial charge in [-0.3, -0.25) is 0 Å². The molecule has 2 aromatic rings. The van der Waals surface area contributed by atoms with E-state index in [0.717, 1.165) is 12.0 Å². The lowest BCUT2D eigenvalue weighted by molar-refractivity contribution is 0.299. The fourth-order valence-corrected chi connectivity index (χ4v) is 4.54. The number of aryl methyl sites for hydroxylation is 1. The van der Waals surface area contributed by atoms with Gasteiger partial charge in [-0.15, -0.1) is 0 Å². The molecule has 0 fully saturated rings. The molecule has 24 heavy (non-hydrogen) atoms. The molecule has 2 rings (SSSR count). The minimum atomic E-state index is -3.56. The molecule has 0 spiro atoms. The number of likely N-dealkylation sites (N-methyl/N-ethyl adjacent to an activating group) is 1. The first kappa shape index (κ1) is 19.1. The van der Waals surface area contributed by atoms with Crippen LogP contribution in [0.2, 0.25) is 0 Å². The van der Waals surface area contributed by atoms with Crippen molar-refractivity contribution in [3.8, 4) is 0 Å². The normalized spacial score (nSPS) is 13.2. The molecule has 2 aromatic carbocycles. The highest BCUT2D eigenvalue weighted by molar-refractivity contribution is 9.10. The van der Waals surface area contributed by atoms with Gasteiger partial charge >= 0.3 is 0 Å². The van der Waals surface area contributed by atoms with E-state index in [1.807, 2.05) is 19.0 Å². The number of hydrogen-bond donors (Lipinski definition) is 1. The Bertz CT molecular complexity index is 774. The van der Waals surface area contributed by atoms with Crippen molar-refractivity contribution in [2.75, 3.05) is 20.6 Å². The summed E-state index contributed by atoms with van der Waals surface area (Å²) in [5.74, 6) is 0. The van der Waals surface area contributed by atoms with Crippen molar-refractivity contribution in [1.82, 2.24) is 9.62 Å². The number of hydrogen-bond acceptors (Lipinski definition) is 3. The van der Waals surface area contributed by atoms with Crippen LogP contribution in [0.1, 0.15) is 24.1 Å². The molecule has 0 aliphatic carbocycles. The largest absolute Gasteiger partial charge is 0.301 e. The topological polar surface area (TPSA) is 49.4 Å². The highest BCUT2D eigenvalue weighted by Crippen LogP contribution is 2.23. The van der Waals surface area contributed by atoms with Gasteiger partial charge in [0.2, 0.25) is 10.0 Å². The Labute approximate surface area is 153 Å². The van der Waals surface area contributed by atoms with Crippen molar-refractivity contribution < 1.29 is 8.42 Å². The van der Waals surface area contributed by atoms with E-state index in [-0.39, 0.29) is 10.9 Å². The lowest BCUT2D eigenvalue weighted by Crippen LogP contribution is -2.34. The first-order valence-electron chi connectivity index (χ1n) is 7.84. The zero-order valence-corrected chi connectivity index (χ0v) is 16.6. The molecule has 1 N–H and O–H groups in total. The van der Waals surface area contributed by atoms with Crippen molar-refractivity contribution >= 4 is 26.0 Å². The molecule has 1 atom stereocenters. The van der Waals surface area contributed by atoms with E-state index in [0.29, 0.717) is 11.0 Å². The Morgan fingerprint density at radius 1 is 1.08 bits per heavy atom. The van der Waals surface area contributed by atoms with Gasteiger partial charge in [0, 0.05) is 17.1 Å². The van der Waals surface area contributed by atoms with Crippen LogP contribution >= 0.6 is 15.9 Å². The van der Waals surface area contributed by atoms with E-state index < -0.39 is 10.0 Å². The zero-order valence-electron chi connectivity index (χ0n) is 14.2. The molecule has 0 saturated carbocycles. The number of benzene rings is 2. The van der Waals surface area contributed by atoms with Crippen molar-refractivity contribution in [3.05, 3.63) is 64.1 Å². The summed E-state index contributed by atoms with van der Waals surface area (Å²) < 4.78 is 28.4. The maximum absolute atomic E-state index is 12.6. The van der Waals surface area contributed by atoms with Gasteiger partial charge < -0.3 is 4.90 Å². The average molecular weight is 411 g/mol. The van der Waals surface area contributed by atoms with Crippen LogP contribution in [0.15, 0.2) is 57.9 Å². The second-order valence-corrected chi connectivity index (χ2v) is 8.45. The van der Waals surface area contributed by atoms with Crippen LogP contribution in [-0.4, -0.2) is 34.0 Å². The van der Waals surface area contributed by atoms with Gasteiger partial charge in [-0.1, -0.05) is 43.3 Å². The van der Waals surface area contributed by atoms with Crippen LogP contribution in [0.3, 0.4) is 0 Å². The number of sulfonamides is 1. The summed E-state index contributed by atoms with van der Waals surface area (Å²) in [6, 6.07) is 15.1. The lowest BCUT2D eigenvalue weighted by Gasteiger charge is -2.25. The third-order valence-electron chi connectivity index (χ3n) is 3.99. The summed E-state index contributed by atoms with van der Waals surface area (Å²) in [6.45, 7) is 2.42. The Hall–Kier alpha value is -1.21. The zero-order chi connectivity index (χ0) is 17.7. The molecule has 0 heterocycles. The quantitative estimate of drug-likeness (QED) is 0.758. The van der Waals surface area contributed by atoms with E-state index in [1.165, 1.54) is 5.56 Å². The van der Waals surface area contributed by atoms with Gasteiger partial charge in [-0.2, -0.15) is 0 Å². The smallest absolute Gasteiger partial charge is 0.241 e. The monoisotopic (exact) mass is 410 g/mol. The fraction of sp³-hybridized carbons (Fsp3) is 0.333. The fourth-order valence-electron chi connectivity index (χ4n) is 2.50. The van der Waals surface area contributed by atoms with Crippen molar-refractivity contribution in [2.24, 2.45) is 0 Å². The second-order valence-electron chi connectivity index (χ2n) is 5.86. The van der Waals surface area contributed by atoms with Crippen LogP contribution in [-0.2, 0) is 16.4 Å². The Morgan fingerprint density at radius 2 is 1.71 bits per heavy atom. The molecule has 0 saturated heterocycles. The average Bonchev–Trinajstić information content (AvgIpc) is 2.55.